The van der Waals surface area contributed by atoms with Crippen molar-refractivity contribution in [1.82, 2.24) is 15.0 Å². The minimum Gasteiger partial charge on any atom is -0.364 e. The highest BCUT2D eigenvalue weighted by molar-refractivity contribution is 5.92. The van der Waals surface area contributed by atoms with Gasteiger partial charge in [-0.2, -0.15) is 0 Å². The lowest BCUT2D eigenvalue weighted by atomic mass is 10.3. The summed E-state index contributed by atoms with van der Waals surface area (Å²) in [4.78, 5) is 22.5. The zero-order valence-corrected chi connectivity index (χ0v) is 6.64. The second kappa shape index (κ2) is 2.78. The standard InChI is InChI=1S/C8H6N4O/c9-8(13)6-2-1-5-7(12-6)3-10-4-11-5/h1-4H,(H2,9,13). The SMILES string of the molecule is NC(=O)c1ccc2ncncc2n1. The van der Waals surface area contributed by atoms with Crippen LogP contribution in [-0.2, 0) is 0 Å². The molecule has 2 aromatic heterocycles. The fourth-order valence-corrected chi connectivity index (χ4v) is 1.01. The third-order valence-electron chi connectivity index (χ3n) is 1.62. The minimum atomic E-state index is -0.550. The van der Waals surface area contributed by atoms with Crippen molar-refractivity contribution in [1.29, 1.82) is 0 Å². The molecular formula is C8H6N4O. The van der Waals surface area contributed by atoms with Crippen LogP contribution in [0.15, 0.2) is 24.7 Å². The summed E-state index contributed by atoms with van der Waals surface area (Å²) in [6.07, 6.45) is 2.96. The summed E-state index contributed by atoms with van der Waals surface area (Å²) in [5.41, 5.74) is 6.55. The lowest BCUT2D eigenvalue weighted by molar-refractivity contribution is 0.0996. The Labute approximate surface area is 73.6 Å². The lowest BCUT2D eigenvalue weighted by Gasteiger charge is -1.96. The Morgan fingerprint density at radius 3 is 2.92 bits per heavy atom. The molecular weight excluding hydrogens is 168 g/mol. The molecule has 2 heterocycles. The van der Waals surface area contributed by atoms with Crippen molar-refractivity contribution in [2.75, 3.05) is 0 Å². The van der Waals surface area contributed by atoms with Gasteiger partial charge >= 0.3 is 0 Å². The molecule has 2 N–H and O–H groups in total. The molecule has 0 aliphatic rings. The number of fused-ring (bicyclic) bond motifs is 1. The minimum absolute atomic E-state index is 0.224. The van der Waals surface area contributed by atoms with E-state index in [9.17, 15) is 4.79 Å². The molecule has 0 saturated heterocycles. The molecule has 0 fully saturated rings. The van der Waals surface area contributed by atoms with Crippen LogP contribution in [0.4, 0.5) is 0 Å². The smallest absolute Gasteiger partial charge is 0.267 e. The van der Waals surface area contributed by atoms with Crippen molar-refractivity contribution < 1.29 is 4.79 Å². The van der Waals surface area contributed by atoms with E-state index in [1.165, 1.54) is 18.6 Å². The van der Waals surface area contributed by atoms with Crippen LogP contribution < -0.4 is 5.73 Å². The summed E-state index contributed by atoms with van der Waals surface area (Å²) in [6, 6.07) is 3.22. The second-order valence-electron chi connectivity index (χ2n) is 2.49. The molecule has 0 unspecified atom stereocenters. The summed E-state index contributed by atoms with van der Waals surface area (Å²) in [7, 11) is 0. The highest BCUT2D eigenvalue weighted by Gasteiger charge is 2.02. The van der Waals surface area contributed by atoms with E-state index in [0.29, 0.717) is 11.0 Å². The fourth-order valence-electron chi connectivity index (χ4n) is 1.01. The van der Waals surface area contributed by atoms with Gasteiger partial charge in [-0.25, -0.2) is 15.0 Å². The summed E-state index contributed by atoms with van der Waals surface area (Å²) in [5, 5.41) is 0. The van der Waals surface area contributed by atoms with E-state index in [0.717, 1.165) is 0 Å². The van der Waals surface area contributed by atoms with Crippen molar-refractivity contribution in [3.63, 3.8) is 0 Å². The molecule has 1 amide bonds. The number of hydrogen-bond acceptors (Lipinski definition) is 4. The van der Waals surface area contributed by atoms with Gasteiger partial charge in [-0.3, -0.25) is 4.79 Å². The van der Waals surface area contributed by atoms with Gasteiger partial charge in [-0.05, 0) is 12.1 Å². The van der Waals surface area contributed by atoms with Crippen molar-refractivity contribution in [3.8, 4) is 0 Å². The van der Waals surface area contributed by atoms with Crippen LogP contribution in [0.1, 0.15) is 10.5 Å². The summed E-state index contributed by atoms with van der Waals surface area (Å²) in [5.74, 6) is -0.550. The molecule has 5 nitrogen and oxygen atoms in total. The van der Waals surface area contributed by atoms with Crippen LogP contribution >= 0.6 is 0 Å². The topological polar surface area (TPSA) is 81.8 Å². The van der Waals surface area contributed by atoms with Gasteiger partial charge in [0.15, 0.2) is 0 Å². The van der Waals surface area contributed by atoms with Crippen molar-refractivity contribution in [2.24, 2.45) is 5.73 Å². The molecule has 64 valence electrons. The Morgan fingerprint density at radius 1 is 1.31 bits per heavy atom. The van der Waals surface area contributed by atoms with Gasteiger partial charge in [0.25, 0.3) is 5.91 Å². The van der Waals surface area contributed by atoms with E-state index in [1.54, 1.807) is 6.07 Å². The van der Waals surface area contributed by atoms with E-state index in [2.05, 4.69) is 15.0 Å². The van der Waals surface area contributed by atoms with Crippen molar-refractivity contribution in [3.05, 3.63) is 30.4 Å². The molecule has 2 rings (SSSR count). The van der Waals surface area contributed by atoms with E-state index in [1.807, 2.05) is 0 Å². The quantitative estimate of drug-likeness (QED) is 0.665. The Hall–Kier alpha value is -2.04. The Balaban J connectivity index is 2.69. The molecule has 5 heteroatoms. The summed E-state index contributed by atoms with van der Waals surface area (Å²) >= 11 is 0. The maximum absolute atomic E-state index is 10.8. The molecule has 0 aliphatic heterocycles. The van der Waals surface area contributed by atoms with Crippen LogP contribution in [0.2, 0.25) is 0 Å². The predicted octanol–water partition coefficient (Wildman–Crippen LogP) is 0.124. The number of primary amides is 1. The first-order valence-corrected chi connectivity index (χ1v) is 3.64. The molecule has 13 heavy (non-hydrogen) atoms. The molecule has 0 aromatic carbocycles. The molecule has 2 aromatic rings. The maximum Gasteiger partial charge on any atom is 0.267 e. The average Bonchev–Trinajstić information content (AvgIpc) is 2.17. The van der Waals surface area contributed by atoms with Gasteiger partial charge in [0.05, 0.1) is 11.7 Å². The first kappa shape index (κ1) is 7.60. The normalized spacial score (nSPS) is 10.2. The third kappa shape index (κ3) is 1.31. The first-order chi connectivity index (χ1) is 6.27. The average molecular weight is 174 g/mol. The van der Waals surface area contributed by atoms with E-state index >= 15 is 0 Å². The first-order valence-electron chi connectivity index (χ1n) is 3.64. The van der Waals surface area contributed by atoms with Crippen LogP contribution in [0.3, 0.4) is 0 Å². The number of rotatable bonds is 1. The van der Waals surface area contributed by atoms with Crippen LogP contribution in [0.5, 0.6) is 0 Å². The Kier molecular flexibility index (Phi) is 1.63. The van der Waals surface area contributed by atoms with Gasteiger partial charge < -0.3 is 5.73 Å². The number of hydrogen-bond donors (Lipinski definition) is 1. The third-order valence-corrected chi connectivity index (χ3v) is 1.62. The van der Waals surface area contributed by atoms with Crippen LogP contribution in [-0.4, -0.2) is 20.9 Å². The highest BCUT2D eigenvalue weighted by Crippen LogP contribution is 2.06. The number of nitrogens with two attached hydrogens (primary N) is 1. The fraction of sp³-hybridized carbons (Fsp3) is 0. The lowest BCUT2D eigenvalue weighted by Crippen LogP contribution is -2.12. The summed E-state index contributed by atoms with van der Waals surface area (Å²) < 4.78 is 0. The van der Waals surface area contributed by atoms with Crippen LogP contribution in [0.25, 0.3) is 11.0 Å². The van der Waals surface area contributed by atoms with E-state index < -0.39 is 5.91 Å². The molecule has 0 atom stereocenters. The maximum atomic E-state index is 10.8. The largest absolute Gasteiger partial charge is 0.364 e. The van der Waals surface area contributed by atoms with E-state index in [-0.39, 0.29) is 5.69 Å². The number of nitrogens with zero attached hydrogens (tertiary/aromatic N) is 3. The van der Waals surface area contributed by atoms with Gasteiger partial charge in [-0.1, -0.05) is 0 Å². The van der Waals surface area contributed by atoms with Crippen LogP contribution in [0, 0.1) is 0 Å². The van der Waals surface area contributed by atoms with Gasteiger partial charge in [0, 0.05) is 0 Å². The zero-order chi connectivity index (χ0) is 9.26. The van der Waals surface area contributed by atoms with Crippen molar-refractivity contribution in [2.45, 2.75) is 0 Å². The summed E-state index contributed by atoms with van der Waals surface area (Å²) in [6.45, 7) is 0. The van der Waals surface area contributed by atoms with Gasteiger partial charge in [0.1, 0.15) is 17.5 Å². The molecule has 0 radical (unpaired) electrons. The number of carbonyl (C=O) groups excluding carboxylic acids is 1. The van der Waals surface area contributed by atoms with Crippen molar-refractivity contribution >= 4 is 16.9 Å². The Morgan fingerprint density at radius 2 is 2.15 bits per heavy atom. The highest BCUT2D eigenvalue weighted by atomic mass is 16.1. The number of carbonyl (C=O) groups is 1. The number of amides is 1. The zero-order valence-electron chi connectivity index (χ0n) is 6.64. The number of pyridine rings is 1. The molecule has 0 saturated carbocycles. The molecule has 0 aliphatic carbocycles. The van der Waals surface area contributed by atoms with E-state index in [4.69, 9.17) is 5.73 Å². The predicted molar refractivity (Wildman–Crippen MR) is 45.9 cm³/mol. The second-order valence-corrected chi connectivity index (χ2v) is 2.49. The van der Waals surface area contributed by atoms with Gasteiger partial charge in [0.2, 0.25) is 0 Å². The Bertz CT molecular complexity index is 468. The van der Waals surface area contributed by atoms with Gasteiger partial charge in [-0.15, -0.1) is 0 Å². The molecule has 0 spiro atoms. The molecule has 0 bridgehead atoms. The monoisotopic (exact) mass is 174 g/mol. The number of aromatic nitrogens is 3.